The monoisotopic (exact) mass is 136 g/mol. The average molecular weight is 136 g/mol. The minimum Gasteiger partial charge on any atom is -0.509 e. The van der Waals surface area contributed by atoms with Crippen molar-refractivity contribution in [2.45, 2.75) is 7.43 Å². The molecule has 0 amide bonds. The molecule has 0 saturated heterocycles. The molecular formula is C2H5CoO3-. The second-order valence-corrected chi connectivity index (χ2v) is 0.175. The summed E-state index contributed by atoms with van der Waals surface area (Å²) in [5.41, 5.74) is 0. The molecule has 1 N–H and O–H groups in total. The standard InChI is InChI=1S/CHO3.CH4.Co/c2-1-4-3;;/h3H;1H4;/q-1;;. The summed E-state index contributed by atoms with van der Waals surface area (Å²) >= 11 is 0. The Morgan fingerprint density at radius 1 is 1.67 bits per heavy atom. The molecule has 0 aliphatic carbocycles. The van der Waals surface area contributed by atoms with Crippen molar-refractivity contribution in [3.8, 4) is 0 Å². The van der Waals surface area contributed by atoms with Gasteiger partial charge in [0.15, 0.2) is 0 Å². The van der Waals surface area contributed by atoms with Crippen molar-refractivity contribution < 1.29 is 31.7 Å². The zero-order valence-electron chi connectivity index (χ0n) is 2.10. The Morgan fingerprint density at radius 2 is 1.83 bits per heavy atom. The second kappa shape index (κ2) is 20.4. The molecule has 6 heavy (non-hydrogen) atoms. The van der Waals surface area contributed by atoms with Crippen molar-refractivity contribution in [1.29, 1.82) is 0 Å². The van der Waals surface area contributed by atoms with Gasteiger partial charge in [-0.25, -0.2) is 5.26 Å². The van der Waals surface area contributed by atoms with Gasteiger partial charge in [-0.2, -0.15) is 0 Å². The molecule has 0 aromatic carbocycles. The van der Waals surface area contributed by atoms with Gasteiger partial charge in [0.05, 0.1) is 0 Å². The summed E-state index contributed by atoms with van der Waals surface area (Å²) in [4.78, 5) is 11.3. The average Bonchev–Trinajstić information content (AvgIpc) is 1.37. The van der Waals surface area contributed by atoms with Gasteiger partial charge in [-0.05, 0) is 6.47 Å². The summed E-state index contributed by atoms with van der Waals surface area (Å²) < 4.78 is 0. The summed E-state index contributed by atoms with van der Waals surface area (Å²) in [7, 11) is 0. The molecule has 41 valence electrons. The first-order chi connectivity index (χ1) is 1.91. The molecule has 0 rings (SSSR count). The van der Waals surface area contributed by atoms with E-state index in [1.807, 2.05) is 0 Å². The van der Waals surface area contributed by atoms with Gasteiger partial charge in [0.25, 0.3) is 0 Å². The smallest absolute Gasteiger partial charge is 0 e. The van der Waals surface area contributed by atoms with Gasteiger partial charge in [0.1, 0.15) is 0 Å². The molecule has 0 saturated carbocycles. The molecule has 0 unspecified atom stereocenters. The zero-order chi connectivity index (χ0) is 3.41. The fraction of sp³-hybridized carbons (Fsp3) is 0.500. The van der Waals surface area contributed by atoms with Gasteiger partial charge >= 0.3 is 0 Å². The first kappa shape index (κ1) is 16.8. The van der Waals surface area contributed by atoms with Crippen LogP contribution in [0.15, 0.2) is 0 Å². The van der Waals surface area contributed by atoms with E-state index < -0.39 is 0 Å². The number of hydrogen-bond donors (Lipinski definition) is 1. The Balaban J connectivity index is -0.0000000450. The Hall–Kier alpha value is -0.0635. The second-order valence-electron chi connectivity index (χ2n) is 0.175. The van der Waals surface area contributed by atoms with E-state index in [-0.39, 0.29) is 24.2 Å². The van der Waals surface area contributed by atoms with E-state index in [1.165, 1.54) is 0 Å². The molecule has 0 spiro atoms. The van der Waals surface area contributed by atoms with E-state index in [0.717, 1.165) is 6.47 Å². The molecule has 0 fully saturated rings. The van der Waals surface area contributed by atoms with Gasteiger partial charge in [-0.1, -0.05) is 7.43 Å². The van der Waals surface area contributed by atoms with Gasteiger partial charge in [0.2, 0.25) is 0 Å². The van der Waals surface area contributed by atoms with Crippen LogP contribution >= 0.6 is 0 Å². The topological polar surface area (TPSA) is 46.5 Å². The summed E-state index contributed by atoms with van der Waals surface area (Å²) in [5.74, 6) is 0. The zero-order valence-corrected chi connectivity index (χ0v) is 3.14. The predicted octanol–water partition coefficient (Wildman–Crippen LogP) is 0.177. The molecule has 4 heteroatoms. The first-order valence-electron chi connectivity index (χ1n) is 0.591. The number of hydrogen-bond acceptors (Lipinski definition) is 3. The molecular weight excluding hydrogens is 131 g/mol. The van der Waals surface area contributed by atoms with E-state index >= 15 is 0 Å². The molecule has 3 nitrogen and oxygen atoms in total. The molecule has 0 heterocycles. The van der Waals surface area contributed by atoms with Gasteiger partial charge in [-0.15, -0.1) is 0 Å². The van der Waals surface area contributed by atoms with E-state index in [0.29, 0.717) is 0 Å². The molecule has 0 atom stereocenters. The normalized spacial score (nSPS) is 3.50. The van der Waals surface area contributed by atoms with Crippen LogP contribution < -0.4 is 0 Å². The molecule has 1 radical (unpaired) electrons. The van der Waals surface area contributed by atoms with Crippen molar-refractivity contribution in [2.75, 3.05) is 0 Å². The largest absolute Gasteiger partial charge is 0.509 e. The van der Waals surface area contributed by atoms with E-state index in [4.69, 9.17) is 10.1 Å². The third-order valence-corrected chi connectivity index (χ3v) is 0.0373. The van der Waals surface area contributed by atoms with E-state index in [9.17, 15) is 0 Å². The Kier molecular flexibility index (Phi) is 57.0. The fourth-order valence-corrected chi connectivity index (χ4v) is 0. The van der Waals surface area contributed by atoms with E-state index in [1.54, 1.807) is 0 Å². The van der Waals surface area contributed by atoms with Crippen molar-refractivity contribution in [3.05, 3.63) is 0 Å². The maximum absolute atomic E-state index is 8.58. The quantitative estimate of drug-likeness (QED) is 0.317. The van der Waals surface area contributed by atoms with Gasteiger partial charge < -0.3 is 9.68 Å². The van der Waals surface area contributed by atoms with Gasteiger partial charge in [-0.3, -0.25) is 0 Å². The fourth-order valence-electron chi connectivity index (χ4n) is 0. The summed E-state index contributed by atoms with van der Waals surface area (Å²) in [6.45, 7) is 0.736. The maximum Gasteiger partial charge on any atom is 0 e. The Morgan fingerprint density at radius 3 is 1.83 bits per heavy atom. The van der Waals surface area contributed by atoms with Crippen molar-refractivity contribution >= 4 is 6.47 Å². The molecule has 0 bridgehead atoms. The van der Waals surface area contributed by atoms with Crippen LogP contribution in [0.25, 0.3) is 0 Å². The summed E-state index contributed by atoms with van der Waals surface area (Å²) in [6, 6.07) is 0. The summed E-state index contributed by atoms with van der Waals surface area (Å²) in [5, 5.41) is 6.95. The number of carbonyl (C=O) groups excluding carboxylic acids is 1. The molecule has 0 aromatic rings. The number of rotatable bonds is 1. The van der Waals surface area contributed by atoms with Crippen LogP contribution in [0.4, 0.5) is 0 Å². The first-order valence-corrected chi connectivity index (χ1v) is 0.591. The third kappa shape index (κ3) is 38.7. The minimum absolute atomic E-state index is 0. The molecule has 0 aliphatic rings. The van der Waals surface area contributed by atoms with Crippen LogP contribution in [-0.2, 0) is 26.5 Å². The SMILES string of the molecule is C.O=[C-]OO.[Co]. The Bertz CT molecular complexity index is 22.8. The molecule has 0 aromatic heterocycles. The van der Waals surface area contributed by atoms with Crippen molar-refractivity contribution in [1.82, 2.24) is 0 Å². The van der Waals surface area contributed by atoms with Crippen LogP contribution in [0.1, 0.15) is 7.43 Å². The van der Waals surface area contributed by atoms with Crippen LogP contribution in [0.5, 0.6) is 0 Å². The predicted molar refractivity (Wildman–Crippen MR) is 16.1 cm³/mol. The molecule has 0 aliphatic heterocycles. The third-order valence-electron chi connectivity index (χ3n) is 0.0373. The Labute approximate surface area is 46.4 Å². The van der Waals surface area contributed by atoms with Crippen molar-refractivity contribution in [3.63, 3.8) is 0 Å². The van der Waals surface area contributed by atoms with Crippen molar-refractivity contribution in [2.24, 2.45) is 0 Å². The van der Waals surface area contributed by atoms with Crippen LogP contribution in [0.3, 0.4) is 0 Å². The minimum atomic E-state index is 0. The van der Waals surface area contributed by atoms with Gasteiger partial charge in [0, 0.05) is 16.8 Å². The van der Waals surface area contributed by atoms with Crippen LogP contribution in [0.2, 0.25) is 0 Å². The summed E-state index contributed by atoms with van der Waals surface area (Å²) in [6.07, 6.45) is 0. The maximum atomic E-state index is 8.58. The van der Waals surface area contributed by atoms with E-state index in [2.05, 4.69) is 4.89 Å². The van der Waals surface area contributed by atoms with Crippen LogP contribution in [-0.4, -0.2) is 11.7 Å². The van der Waals surface area contributed by atoms with Crippen LogP contribution in [0, 0.1) is 0 Å².